The van der Waals surface area contributed by atoms with Crippen LogP contribution in [0.2, 0.25) is 0 Å². The molecule has 0 saturated carbocycles. The van der Waals surface area contributed by atoms with Crippen molar-refractivity contribution in [3.05, 3.63) is 0 Å². The maximum absolute atomic E-state index is 11.2. The van der Waals surface area contributed by atoms with Crippen LogP contribution in [0.4, 0.5) is 0 Å². The molecule has 0 radical (unpaired) electrons. The van der Waals surface area contributed by atoms with E-state index in [2.05, 4.69) is 15.4 Å². The standard InChI is InChI=1S/C8H14N2O3/c1-13-7(11)2-3-10-8(12)6-4-9-5-6/h6,9H,2-5H2,1H3,(H,10,12). The summed E-state index contributed by atoms with van der Waals surface area (Å²) in [5, 5.41) is 5.67. The van der Waals surface area contributed by atoms with Crippen molar-refractivity contribution in [3.63, 3.8) is 0 Å². The molecule has 5 heteroatoms. The molecule has 1 amide bonds. The fourth-order valence-corrected chi connectivity index (χ4v) is 1.01. The maximum Gasteiger partial charge on any atom is 0.307 e. The summed E-state index contributed by atoms with van der Waals surface area (Å²) in [6.07, 6.45) is 0.238. The summed E-state index contributed by atoms with van der Waals surface area (Å²) in [6.45, 7) is 1.84. The molecule has 13 heavy (non-hydrogen) atoms. The molecule has 0 atom stereocenters. The van der Waals surface area contributed by atoms with Gasteiger partial charge in [-0.05, 0) is 0 Å². The maximum atomic E-state index is 11.2. The first-order valence-corrected chi connectivity index (χ1v) is 4.29. The first-order valence-electron chi connectivity index (χ1n) is 4.29. The van der Waals surface area contributed by atoms with Gasteiger partial charge in [0.15, 0.2) is 0 Å². The fraction of sp³-hybridized carbons (Fsp3) is 0.750. The zero-order valence-corrected chi connectivity index (χ0v) is 7.63. The van der Waals surface area contributed by atoms with Crippen LogP contribution in [0.3, 0.4) is 0 Å². The van der Waals surface area contributed by atoms with Crippen molar-refractivity contribution in [3.8, 4) is 0 Å². The van der Waals surface area contributed by atoms with E-state index in [-0.39, 0.29) is 24.2 Å². The predicted molar refractivity (Wildman–Crippen MR) is 46.0 cm³/mol. The van der Waals surface area contributed by atoms with Gasteiger partial charge in [0.1, 0.15) is 0 Å². The minimum absolute atomic E-state index is 0.0163. The second-order valence-electron chi connectivity index (χ2n) is 2.97. The molecule has 0 aromatic heterocycles. The highest BCUT2D eigenvalue weighted by atomic mass is 16.5. The van der Waals surface area contributed by atoms with Crippen molar-refractivity contribution in [2.24, 2.45) is 5.92 Å². The number of esters is 1. The van der Waals surface area contributed by atoms with Gasteiger partial charge in [-0.15, -0.1) is 0 Å². The van der Waals surface area contributed by atoms with Crippen molar-refractivity contribution in [2.45, 2.75) is 6.42 Å². The zero-order valence-electron chi connectivity index (χ0n) is 7.63. The van der Waals surface area contributed by atoms with Gasteiger partial charge in [0, 0.05) is 19.6 Å². The first-order chi connectivity index (χ1) is 6.24. The Labute approximate surface area is 76.8 Å². The average molecular weight is 186 g/mol. The number of carbonyl (C=O) groups is 2. The van der Waals surface area contributed by atoms with E-state index in [0.29, 0.717) is 6.54 Å². The van der Waals surface area contributed by atoms with E-state index in [1.807, 2.05) is 0 Å². The predicted octanol–water partition coefficient (Wildman–Crippen LogP) is -1.11. The Balaban J connectivity index is 2.04. The minimum Gasteiger partial charge on any atom is -0.469 e. The lowest BCUT2D eigenvalue weighted by atomic mass is 10.0. The van der Waals surface area contributed by atoms with E-state index in [0.717, 1.165) is 13.1 Å². The Bertz CT molecular complexity index is 202. The lowest BCUT2D eigenvalue weighted by Gasteiger charge is -2.25. The third-order valence-corrected chi connectivity index (χ3v) is 2.01. The third-order valence-electron chi connectivity index (χ3n) is 2.01. The van der Waals surface area contributed by atoms with Gasteiger partial charge in [0.05, 0.1) is 19.4 Å². The molecule has 0 aliphatic carbocycles. The summed E-state index contributed by atoms with van der Waals surface area (Å²) in [5.41, 5.74) is 0. The lowest BCUT2D eigenvalue weighted by Crippen LogP contribution is -2.51. The molecule has 1 saturated heterocycles. The van der Waals surface area contributed by atoms with E-state index in [1.54, 1.807) is 0 Å². The van der Waals surface area contributed by atoms with Crippen LogP contribution in [0.1, 0.15) is 6.42 Å². The number of hydrogen-bond donors (Lipinski definition) is 2. The van der Waals surface area contributed by atoms with Gasteiger partial charge in [-0.3, -0.25) is 9.59 Å². The fourth-order valence-electron chi connectivity index (χ4n) is 1.01. The quantitative estimate of drug-likeness (QED) is 0.546. The largest absolute Gasteiger partial charge is 0.469 e. The molecule has 74 valence electrons. The molecule has 0 unspecified atom stereocenters. The number of nitrogens with one attached hydrogen (secondary N) is 2. The van der Waals surface area contributed by atoms with Crippen molar-refractivity contribution >= 4 is 11.9 Å². The topological polar surface area (TPSA) is 67.4 Å². The molecule has 0 bridgehead atoms. The van der Waals surface area contributed by atoms with Gasteiger partial charge in [0.2, 0.25) is 5.91 Å². The van der Waals surface area contributed by atoms with Crippen LogP contribution in [0.15, 0.2) is 0 Å². The van der Waals surface area contributed by atoms with Gasteiger partial charge in [-0.25, -0.2) is 0 Å². The van der Waals surface area contributed by atoms with Crippen LogP contribution in [-0.2, 0) is 14.3 Å². The van der Waals surface area contributed by atoms with Gasteiger partial charge in [-0.2, -0.15) is 0 Å². The molecule has 1 rings (SSSR count). The Hall–Kier alpha value is -1.10. The molecule has 0 spiro atoms. The van der Waals surface area contributed by atoms with Crippen LogP contribution in [0.5, 0.6) is 0 Å². The Morgan fingerprint density at radius 3 is 2.69 bits per heavy atom. The SMILES string of the molecule is COC(=O)CCNC(=O)C1CNC1. The van der Waals surface area contributed by atoms with Gasteiger partial charge in [0.25, 0.3) is 0 Å². The Kier molecular flexibility index (Phi) is 3.70. The van der Waals surface area contributed by atoms with Crippen LogP contribution in [-0.4, -0.2) is 38.6 Å². The monoisotopic (exact) mass is 186 g/mol. The molecular formula is C8H14N2O3. The van der Waals surface area contributed by atoms with E-state index in [1.165, 1.54) is 7.11 Å². The number of ether oxygens (including phenoxy) is 1. The summed E-state index contributed by atoms with van der Waals surface area (Å²) in [4.78, 5) is 21.9. The lowest BCUT2D eigenvalue weighted by molar-refractivity contribution is -0.140. The van der Waals surface area contributed by atoms with Crippen molar-refractivity contribution < 1.29 is 14.3 Å². The Morgan fingerprint density at radius 2 is 2.23 bits per heavy atom. The van der Waals surface area contributed by atoms with E-state index in [4.69, 9.17) is 0 Å². The number of rotatable bonds is 4. The average Bonchev–Trinajstić information content (AvgIpc) is 2.01. The molecule has 1 fully saturated rings. The van der Waals surface area contributed by atoms with E-state index >= 15 is 0 Å². The van der Waals surface area contributed by atoms with Crippen LogP contribution < -0.4 is 10.6 Å². The second-order valence-corrected chi connectivity index (χ2v) is 2.97. The molecule has 2 N–H and O–H groups in total. The minimum atomic E-state index is -0.299. The van der Waals surface area contributed by atoms with Gasteiger partial charge < -0.3 is 15.4 Å². The number of methoxy groups -OCH3 is 1. The summed E-state index contributed by atoms with van der Waals surface area (Å²) < 4.78 is 4.43. The summed E-state index contributed by atoms with van der Waals surface area (Å²) in [5.74, 6) is -0.202. The molecule has 0 aromatic carbocycles. The molecule has 1 aliphatic heterocycles. The second kappa shape index (κ2) is 4.81. The number of amides is 1. The number of carbonyl (C=O) groups excluding carboxylic acids is 2. The normalized spacial score (nSPS) is 16.1. The highest BCUT2D eigenvalue weighted by Gasteiger charge is 2.24. The van der Waals surface area contributed by atoms with Crippen LogP contribution in [0.25, 0.3) is 0 Å². The third kappa shape index (κ3) is 3.02. The summed E-state index contributed by atoms with van der Waals surface area (Å²) >= 11 is 0. The first kappa shape index (κ1) is 9.98. The molecule has 5 nitrogen and oxygen atoms in total. The zero-order chi connectivity index (χ0) is 9.68. The highest BCUT2D eigenvalue weighted by molar-refractivity contribution is 5.80. The van der Waals surface area contributed by atoms with E-state index < -0.39 is 0 Å². The van der Waals surface area contributed by atoms with Gasteiger partial charge >= 0.3 is 5.97 Å². The number of hydrogen-bond acceptors (Lipinski definition) is 4. The molecule has 1 heterocycles. The van der Waals surface area contributed by atoms with Crippen molar-refractivity contribution in [2.75, 3.05) is 26.7 Å². The Morgan fingerprint density at radius 1 is 1.54 bits per heavy atom. The van der Waals surface area contributed by atoms with Crippen LogP contribution in [0, 0.1) is 5.92 Å². The molecule has 1 aliphatic rings. The summed E-state index contributed by atoms with van der Waals surface area (Å²) in [6, 6.07) is 0. The molecular weight excluding hydrogens is 172 g/mol. The van der Waals surface area contributed by atoms with Crippen molar-refractivity contribution in [1.82, 2.24) is 10.6 Å². The van der Waals surface area contributed by atoms with Crippen molar-refractivity contribution in [1.29, 1.82) is 0 Å². The summed E-state index contributed by atoms with van der Waals surface area (Å²) in [7, 11) is 1.33. The van der Waals surface area contributed by atoms with E-state index in [9.17, 15) is 9.59 Å². The van der Waals surface area contributed by atoms with Gasteiger partial charge in [-0.1, -0.05) is 0 Å². The highest BCUT2D eigenvalue weighted by Crippen LogP contribution is 2.01. The van der Waals surface area contributed by atoms with Crippen LogP contribution >= 0.6 is 0 Å². The smallest absolute Gasteiger partial charge is 0.307 e. The molecule has 0 aromatic rings.